The Balaban J connectivity index is 0.787. The average Bonchev–Trinajstić information content (AvgIpc) is 3.96. The Hall–Kier alpha value is -4.96. The fourth-order valence-electron chi connectivity index (χ4n) is 9.75. The van der Waals surface area contributed by atoms with Crippen molar-refractivity contribution in [2.75, 3.05) is 55.6 Å². The SMILES string of the molecule is O=C[C@@]1(c2ccc(N3CCC(CN4CCN(c5ccc6c(c5)CN([C@H]5CCC(=O)NC5=O)C6=O)CC4)CC3)cc2)C(CC2CC2)=CCc2cc(O)ccc21. The first kappa shape index (κ1) is 34.8. The van der Waals surface area contributed by atoms with Crippen molar-refractivity contribution in [2.45, 2.75) is 69.4 Å². The number of rotatable bonds is 9. The second-order valence-electron chi connectivity index (χ2n) is 16.4. The molecular weight excluding hydrogens is 679 g/mol. The largest absolute Gasteiger partial charge is 0.508 e. The Bertz CT molecular complexity index is 2010. The second-order valence-corrected chi connectivity index (χ2v) is 16.4. The predicted molar refractivity (Wildman–Crippen MR) is 207 cm³/mol. The van der Waals surface area contributed by atoms with Gasteiger partial charge in [0.1, 0.15) is 18.1 Å². The summed E-state index contributed by atoms with van der Waals surface area (Å²) in [5, 5.41) is 12.6. The van der Waals surface area contributed by atoms with E-state index in [0.717, 1.165) is 106 Å². The maximum atomic E-state index is 13.2. The van der Waals surface area contributed by atoms with Crippen LogP contribution in [0.3, 0.4) is 0 Å². The van der Waals surface area contributed by atoms with E-state index in [2.05, 4.69) is 56.4 Å². The molecule has 2 N–H and O–H groups in total. The number of amides is 3. The van der Waals surface area contributed by atoms with Gasteiger partial charge in [0.05, 0.1) is 5.41 Å². The first-order chi connectivity index (χ1) is 26.3. The zero-order valence-corrected chi connectivity index (χ0v) is 30.8. The molecular formula is C44H49N5O5. The highest BCUT2D eigenvalue weighted by molar-refractivity contribution is 6.05. The van der Waals surface area contributed by atoms with Gasteiger partial charge in [-0.2, -0.15) is 0 Å². The zero-order valence-electron chi connectivity index (χ0n) is 30.8. The molecule has 3 aromatic rings. The number of carbonyl (C=O) groups is 4. The predicted octanol–water partition coefficient (Wildman–Crippen LogP) is 4.96. The van der Waals surface area contributed by atoms with Gasteiger partial charge < -0.3 is 24.6 Å². The van der Waals surface area contributed by atoms with E-state index in [4.69, 9.17) is 0 Å². The summed E-state index contributed by atoms with van der Waals surface area (Å²) in [5.41, 5.74) is 7.36. The first-order valence-corrected chi connectivity index (χ1v) is 19.9. The van der Waals surface area contributed by atoms with Crippen molar-refractivity contribution in [3.8, 4) is 5.75 Å². The van der Waals surface area contributed by atoms with Crippen molar-refractivity contribution in [2.24, 2.45) is 11.8 Å². The summed E-state index contributed by atoms with van der Waals surface area (Å²) in [6, 6.07) is 19.6. The zero-order chi connectivity index (χ0) is 37.0. The topological polar surface area (TPSA) is 114 Å². The molecule has 3 amide bonds. The van der Waals surface area contributed by atoms with Gasteiger partial charge >= 0.3 is 0 Å². The van der Waals surface area contributed by atoms with Crippen LogP contribution in [0.25, 0.3) is 0 Å². The Morgan fingerprint density at radius 3 is 2.24 bits per heavy atom. The molecule has 2 aliphatic carbocycles. The molecule has 0 radical (unpaired) electrons. The molecule has 280 valence electrons. The number of hydrogen-bond acceptors (Lipinski definition) is 8. The number of nitrogens with zero attached hydrogens (tertiary/aromatic N) is 4. The van der Waals surface area contributed by atoms with Crippen molar-refractivity contribution in [3.63, 3.8) is 0 Å². The second kappa shape index (κ2) is 14.0. The van der Waals surface area contributed by atoms with Crippen LogP contribution in [0, 0.1) is 11.8 Å². The third kappa shape index (κ3) is 6.38. The molecule has 0 unspecified atom stereocenters. The number of fused-ring (bicyclic) bond motifs is 2. The number of nitrogens with one attached hydrogen (secondary N) is 1. The van der Waals surface area contributed by atoms with Crippen LogP contribution in [0.1, 0.15) is 77.6 Å². The van der Waals surface area contributed by atoms with Crippen LogP contribution in [-0.4, -0.2) is 90.8 Å². The van der Waals surface area contributed by atoms with Crippen molar-refractivity contribution >= 4 is 35.4 Å². The molecule has 1 saturated carbocycles. The van der Waals surface area contributed by atoms with Crippen molar-refractivity contribution in [1.29, 1.82) is 0 Å². The smallest absolute Gasteiger partial charge is 0.255 e. The number of imide groups is 1. The molecule has 9 rings (SSSR count). The van der Waals surface area contributed by atoms with Gasteiger partial charge in [0.25, 0.3) is 5.91 Å². The number of phenols is 1. The summed E-state index contributed by atoms with van der Waals surface area (Å²) in [7, 11) is 0. The maximum Gasteiger partial charge on any atom is 0.255 e. The van der Waals surface area contributed by atoms with Gasteiger partial charge in [-0.05, 0) is 121 Å². The molecule has 54 heavy (non-hydrogen) atoms. The third-order valence-electron chi connectivity index (χ3n) is 13.0. The van der Waals surface area contributed by atoms with Gasteiger partial charge in [0, 0.05) is 75.7 Å². The molecule has 3 saturated heterocycles. The number of hydrogen-bond donors (Lipinski definition) is 2. The van der Waals surface area contributed by atoms with Gasteiger partial charge in [0.2, 0.25) is 11.8 Å². The lowest BCUT2D eigenvalue weighted by molar-refractivity contribution is -0.136. The fraction of sp³-hybridized carbons (Fsp3) is 0.455. The number of aldehydes is 1. The van der Waals surface area contributed by atoms with Crippen molar-refractivity contribution < 1.29 is 24.3 Å². The van der Waals surface area contributed by atoms with Crippen LogP contribution in [0.5, 0.6) is 5.75 Å². The maximum absolute atomic E-state index is 13.2. The molecule has 4 aliphatic heterocycles. The number of phenolic OH excluding ortho intramolecular Hbond substituents is 1. The Morgan fingerprint density at radius 1 is 0.778 bits per heavy atom. The average molecular weight is 728 g/mol. The number of piperazine rings is 1. The van der Waals surface area contributed by atoms with E-state index in [1.165, 1.54) is 24.1 Å². The minimum absolute atomic E-state index is 0.131. The van der Waals surface area contributed by atoms with Crippen LogP contribution < -0.4 is 15.1 Å². The van der Waals surface area contributed by atoms with Gasteiger partial charge in [-0.25, -0.2) is 0 Å². The quantitative estimate of drug-likeness (QED) is 0.181. The highest BCUT2D eigenvalue weighted by Gasteiger charge is 2.44. The molecule has 2 atom stereocenters. The molecule has 4 heterocycles. The summed E-state index contributed by atoms with van der Waals surface area (Å²) < 4.78 is 0. The van der Waals surface area contributed by atoms with E-state index in [0.29, 0.717) is 30.4 Å². The minimum atomic E-state index is -0.808. The number of piperidine rings is 2. The number of aromatic hydroxyl groups is 1. The van der Waals surface area contributed by atoms with E-state index in [9.17, 15) is 24.3 Å². The minimum Gasteiger partial charge on any atom is -0.508 e. The van der Waals surface area contributed by atoms with Crippen LogP contribution >= 0.6 is 0 Å². The summed E-state index contributed by atoms with van der Waals surface area (Å²) in [6.07, 6.45) is 10.5. The fourth-order valence-corrected chi connectivity index (χ4v) is 9.75. The van der Waals surface area contributed by atoms with Crippen LogP contribution in [0.2, 0.25) is 0 Å². The lowest BCUT2D eigenvalue weighted by Crippen LogP contribution is -2.52. The third-order valence-corrected chi connectivity index (χ3v) is 13.0. The summed E-state index contributed by atoms with van der Waals surface area (Å²) >= 11 is 0. The van der Waals surface area contributed by atoms with E-state index in [1.54, 1.807) is 11.0 Å². The molecule has 0 bridgehead atoms. The molecule has 0 spiro atoms. The summed E-state index contributed by atoms with van der Waals surface area (Å²) in [4.78, 5) is 59.5. The van der Waals surface area contributed by atoms with Gasteiger partial charge in [-0.1, -0.05) is 29.8 Å². The molecule has 10 nitrogen and oxygen atoms in total. The highest BCUT2D eigenvalue weighted by Crippen LogP contribution is 2.49. The van der Waals surface area contributed by atoms with E-state index >= 15 is 0 Å². The Morgan fingerprint density at radius 2 is 1.52 bits per heavy atom. The molecule has 3 aromatic carbocycles. The summed E-state index contributed by atoms with van der Waals surface area (Å²) in [5.74, 6) is 0.777. The molecule has 0 aromatic heterocycles. The normalized spacial score (nSPS) is 25.0. The van der Waals surface area contributed by atoms with Gasteiger partial charge in [-0.3, -0.25) is 24.6 Å². The number of benzene rings is 3. The number of anilines is 2. The van der Waals surface area contributed by atoms with E-state index in [1.807, 2.05) is 24.3 Å². The molecule has 10 heteroatoms. The van der Waals surface area contributed by atoms with Crippen molar-refractivity contribution in [3.05, 3.63) is 100 Å². The van der Waals surface area contributed by atoms with Crippen LogP contribution in [0.15, 0.2) is 72.3 Å². The Kier molecular flexibility index (Phi) is 9.04. The summed E-state index contributed by atoms with van der Waals surface area (Å²) in [6.45, 7) is 7.39. The van der Waals surface area contributed by atoms with Crippen molar-refractivity contribution in [1.82, 2.24) is 15.1 Å². The number of allylic oxidation sites excluding steroid dienone is 2. The Labute approximate surface area is 316 Å². The van der Waals surface area contributed by atoms with Gasteiger partial charge in [0.15, 0.2) is 0 Å². The van der Waals surface area contributed by atoms with Crippen LogP contribution in [0.4, 0.5) is 11.4 Å². The monoisotopic (exact) mass is 727 g/mol. The molecule has 4 fully saturated rings. The first-order valence-electron chi connectivity index (χ1n) is 19.9. The van der Waals surface area contributed by atoms with Crippen LogP contribution in [-0.2, 0) is 32.8 Å². The van der Waals surface area contributed by atoms with Gasteiger partial charge in [-0.15, -0.1) is 0 Å². The van der Waals surface area contributed by atoms with E-state index in [-0.39, 0.29) is 29.9 Å². The standard InChI is InChI=1S/C44H49N5O5/c50-28-44(34(23-29-1-2-29)4-3-31-25-37(51)10-12-39(31)44)33-5-7-35(8-6-33)47-17-15-30(16-18-47)26-46-19-21-48(22-20-46)36-9-11-38-32(24-36)27-49(43(38)54)40-13-14-41(52)45-42(40)53/h4-12,24-25,28-30,40,51H,1-3,13-23,26-27H2,(H,45,52,53)/t40-,44+/m0/s1. The lowest BCUT2D eigenvalue weighted by atomic mass is 9.64. The lowest BCUT2D eigenvalue weighted by Gasteiger charge is -2.40. The molecule has 6 aliphatic rings. The highest BCUT2D eigenvalue weighted by atomic mass is 16.3. The number of carbonyl (C=O) groups excluding carboxylic acids is 4. The van der Waals surface area contributed by atoms with E-state index < -0.39 is 11.5 Å².